The molecule has 0 aliphatic heterocycles. The molecular formula is C18H23FN4O3S. The van der Waals surface area contributed by atoms with Gasteiger partial charge in [0, 0.05) is 18.5 Å². The van der Waals surface area contributed by atoms with Crippen molar-refractivity contribution in [3.8, 4) is 0 Å². The Hall–Kier alpha value is -2.26. The summed E-state index contributed by atoms with van der Waals surface area (Å²) in [4.78, 5) is 25.0. The first-order valence-corrected chi connectivity index (χ1v) is 9.59. The average Bonchev–Trinajstić information content (AvgIpc) is 3.05. The summed E-state index contributed by atoms with van der Waals surface area (Å²) in [6, 6.07) is 3.04. The SMILES string of the molecule is CC(C)c1nn(CC(=O)NCCC(C)(C)O)c(=O)c2cc3sc(F)cc3n12. The maximum atomic E-state index is 13.6. The number of hydrogen-bond acceptors (Lipinski definition) is 5. The predicted molar refractivity (Wildman–Crippen MR) is 103 cm³/mol. The maximum absolute atomic E-state index is 13.6. The Morgan fingerprint density at radius 2 is 2.07 bits per heavy atom. The molecule has 27 heavy (non-hydrogen) atoms. The number of carbonyl (C=O) groups excluding carboxylic acids is 1. The van der Waals surface area contributed by atoms with Gasteiger partial charge in [-0.3, -0.25) is 14.0 Å². The highest BCUT2D eigenvalue weighted by Gasteiger charge is 2.20. The van der Waals surface area contributed by atoms with E-state index in [2.05, 4.69) is 10.4 Å². The van der Waals surface area contributed by atoms with Gasteiger partial charge < -0.3 is 10.4 Å². The Labute approximate surface area is 159 Å². The van der Waals surface area contributed by atoms with Gasteiger partial charge in [-0.2, -0.15) is 9.49 Å². The summed E-state index contributed by atoms with van der Waals surface area (Å²) in [5.41, 5.74) is -0.290. The van der Waals surface area contributed by atoms with Gasteiger partial charge in [0.2, 0.25) is 5.91 Å². The van der Waals surface area contributed by atoms with Crippen LogP contribution >= 0.6 is 11.3 Å². The second-order valence-corrected chi connectivity index (χ2v) is 8.59. The molecule has 0 atom stereocenters. The number of aromatic nitrogens is 3. The highest BCUT2D eigenvalue weighted by Crippen LogP contribution is 2.29. The average molecular weight is 394 g/mol. The zero-order valence-electron chi connectivity index (χ0n) is 15.7. The van der Waals surface area contributed by atoms with Crippen LogP contribution in [0.5, 0.6) is 0 Å². The van der Waals surface area contributed by atoms with Crippen molar-refractivity contribution in [2.45, 2.75) is 52.2 Å². The lowest BCUT2D eigenvalue weighted by Crippen LogP contribution is -2.37. The van der Waals surface area contributed by atoms with Crippen LogP contribution in [-0.4, -0.2) is 37.3 Å². The second-order valence-electron chi connectivity index (χ2n) is 7.55. The fourth-order valence-corrected chi connectivity index (χ4v) is 3.70. The number of aliphatic hydroxyl groups is 1. The minimum Gasteiger partial charge on any atom is -0.390 e. The van der Waals surface area contributed by atoms with Crippen molar-refractivity contribution in [1.29, 1.82) is 0 Å². The molecule has 2 N–H and O–H groups in total. The van der Waals surface area contributed by atoms with Gasteiger partial charge in [-0.05, 0) is 26.3 Å². The van der Waals surface area contributed by atoms with Crippen LogP contribution in [0.15, 0.2) is 16.9 Å². The van der Waals surface area contributed by atoms with E-state index >= 15 is 0 Å². The lowest BCUT2D eigenvalue weighted by atomic mass is 10.1. The van der Waals surface area contributed by atoms with Gasteiger partial charge in [0.15, 0.2) is 5.13 Å². The van der Waals surface area contributed by atoms with Crippen LogP contribution in [0.3, 0.4) is 0 Å². The second kappa shape index (κ2) is 7.05. The molecule has 0 radical (unpaired) electrons. The zero-order valence-corrected chi connectivity index (χ0v) is 16.6. The number of carbonyl (C=O) groups is 1. The molecule has 0 aliphatic rings. The van der Waals surface area contributed by atoms with Gasteiger partial charge in [-0.1, -0.05) is 13.8 Å². The molecule has 1 amide bonds. The van der Waals surface area contributed by atoms with E-state index in [1.165, 1.54) is 6.07 Å². The minimum atomic E-state index is -0.876. The topological polar surface area (TPSA) is 88.6 Å². The predicted octanol–water partition coefficient (Wildman–Crippen LogP) is 2.25. The van der Waals surface area contributed by atoms with E-state index in [4.69, 9.17) is 0 Å². The van der Waals surface area contributed by atoms with E-state index in [9.17, 15) is 19.1 Å². The van der Waals surface area contributed by atoms with Gasteiger partial charge in [0.05, 0.1) is 15.8 Å². The van der Waals surface area contributed by atoms with Crippen molar-refractivity contribution in [2.75, 3.05) is 6.54 Å². The first-order valence-electron chi connectivity index (χ1n) is 8.77. The van der Waals surface area contributed by atoms with Gasteiger partial charge in [-0.25, -0.2) is 4.68 Å². The van der Waals surface area contributed by atoms with E-state index in [0.29, 0.717) is 34.5 Å². The number of amides is 1. The largest absolute Gasteiger partial charge is 0.390 e. The first-order chi connectivity index (χ1) is 12.6. The summed E-state index contributed by atoms with van der Waals surface area (Å²) in [6.45, 7) is 7.26. The number of hydrogen-bond donors (Lipinski definition) is 2. The summed E-state index contributed by atoms with van der Waals surface area (Å²) >= 11 is 0.974. The molecule has 146 valence electrons. The van der Waals surface area contributed by atoms with Crippen molar-refractivity contribution in [3.63, 3.8) is 0 Å². The van der Waals surface area contributed by atoms with Crippen molar-refractivity contribution in [2.24, 2.45) is 0 Å². The Balaban J connectivity index is 1.96. The molecule has 3 heterocycles. The third kappa shape index (κ3) is 4.03. The maximum Gasteiger partial charge on any atom is 0.291 e. The van der Waals surface area contributed by atoms with E-state index < -0.39 is 11.2 Å². The van der Waals surface area contributed by atoms with E-state index in [-0.39, 0.29) is 23.5 Å². The standard InChI is InChI=1S/C18H23FN4O3S/c1-10(2)16-21-22(9-15(24)20-6-5-18(3,4)26)17(25)12-7-13-11(23(12)16)8-14(19)27-13/h7-8,10,26H,5-6,9H2,1-4H3,(H,20,24). The fraction of sp³-hybridized carbons (Fsp3) is 0.500. The molecule has 0 saturated carbocycles. The van der Waals surface area contributed by atoms with Crippen LogP contribution in [-0.2, 0) is 11.3 Å². The Morgan fingerprint density at radius 1 is 1.37 bits per heavy atom. The van der Waals surface area contributed by atoms with Crippen LogP contribution in [0, 0.1) is 5.13 Å². The molecule has 0 fully saturated rings. The van der Waals surface area contributed by atoms with Crippen LogP contribution in [0.4, 0.5) is 4.39 Å². The molecule has 0 bridgehead atoms. The van der Waals surface area contributed by atoms with Crippen LogP contribution in [0.1, 0.15) is 45.9 Å². The molecule has 0 spiro atoms. The quantitative estimate of drug-likeness (QED) is 0.671. The van der Waals surface area contributed by atoms with Gasteiger partial charge >= 0.3 is 0 Å². The number of halogens is 1. The van der Waals surface area contributed by atoms with Crippen molar-refractivity contribution >= 4 is 33.0 Å². The normalized spacial score (nSPS) is 12.4. The van der Waals surface area contributed by atoms with Crippen molar-refractivity contribution in [1.82, 2.24) is 19.5 Å². The molecule has 0 saturated heterocycles. The summed E-state index contributed by atoms with van der Waals surface area (Å²) in [5, 5.41) is 16.4. The van der Waals surface area contributed by atoms with Crippen molar-refractivity contribution < 1.29 is 14.3 Å². The molecule has 0 unspecified atom stereocenters. The molecule has 3 rings (SSSR count). The minimum absolute atomic E-state index is 0.0313. The van der Waals surface area contributed by atoms with E-state index in [0.717, 1.165) is 16.0 Å². The smallest absolute Gasteiger partial charge is 0.291 e. The van der Waals surface area contributed by atoms with Crippen LogP contribution in [0.25, 0.3) is 15.7 Å². The summed E-state index contributed by atoms with van der Waals surface area (Å²) in [6.07, 6.45) is 0.401. The van der Waals surface area contributed by atoms with Gasteiger partial charge in [0.1, 0.15) is 17.9 Å². The lowest BCUT2D eigenvalue weighted by molar-refractivity contribution is -0.122. The third-order valence-electron chi connectivity index (χ3n) is 4.23. The van der Waals surface area contributed by atoms with Crippen LogP contribution < -0.4 is 10.9 Å². The Morgan fingerprint density at radius 3 is 2.70 bits per heavy atom. The summed E-state index contributed by atoms with van der Waals surface area (Å²) in [7, 11) is 0. The van der Waals surface area contributed by atoms with Crippen molar-refractivity contribution in [3.05, 3.63) is 33.4 Å². The molecule has 3 aromatic heterocycles. The summed E-state index contributed by atoms with van der Waals surface area (Å²) in [5.74, 6) is 0.199. The molecule has 0 aliphatic carbocycles. The number of nitrogens with zero attached hydrogens (tertiary/aromatic N) is 3. The monoisotopic (exact) mass is 394 g/mol. The number of rotatable bonds is 6. The Kier molecular flexibility index (Phi) is 5.09. The first kappa shape index (κ1) is 19.5. The molecule has 3 aromatic rings. The van der Waals surface area contributed by atoms with Gasteiger partial charge in [-0.15, -0.1) is 11.3 Å². The summed E-state index contributed by atoms with van der Waals surface area (Å²) < 4.78 is 17.1. The van der Waals surface area contributed by atoms with Crippen LogP contribution in [0.2, 0.25) is 0 Å². The van der Waals surface area contributed by atoms with Gasteiger partial charge in [0.25, 0.3) is 5.56 Å². The number of nitrogens with one attached hydrogen (secondary N) is 1. The lowest BCUT2D eigenvalue weighted by Gasteiger charge is -2.17. The highest BCUT2D eigenvalue weighted by atomic mass is 32.1. The Bertz CT molecular complexity index is 1060. The number of fused-ring (bicyclic) bond motifs is 3. The molecular weight excluding hydrogens is 371 g/mol. The van der Waals surface area contributed by atoms with E-state index in [1.807, 2.05) is 13.8 Å². The van der Waals surface area contributed by atoms with E-state index in [1.54, 1.807) is 24.3 Å². The zero-order chi connectivity index (χ0) is 19.9. The number of thiophene rings is 1. The highest BCUT2D eigenvalue weighted by molar-refractivity contribution is 7.17. The molecule has 0 aromatic carbocycles. The third-order valence-corrected chi connectivity index (χ3v) is 5.09. The molecule has 7 nitrogen and oxygen atoms in total. The molecule has 9 heteroatoms. The fourth-order valence-electron chi connectivity index (χ4n) is 2.89.